The van der Waals surface area contributed by atoms with Crippen molar-refractivity contribution in [2.24, 2.45) is 5.92 Å². The average Bonchev–Trinajstić information content (AvgIpc) is 3.13. The molecule has 0 spiro atoms. The minimum atomic E-state index is -1.09. The molecule has 0 fully saturated rings. The van der Waals surface area contributed by atoms with Crippen molar-refractivity contribution in [3.63, 3.8) is 0 Å². The predicted octanol–water partition coefficient (Wildman–Crippen LogP) is 5.43. The van der Waals surface area contributed by atoms with Crippen molar-refractivity contribution in [3.8, 4) is 5.75 Å². The number of carboxylic acids is 1. The number of rotatable bonds is 10. The van der Waals surface area contributed by atoms with E-state index in [1.165, 1.54) is 17.2 Å². The minimum absolute atomic E-state index is 0. The number of carbonyl (C=O) groups is 1. The summed E-state index contributed by atoms with van der Waals surface area (Å²) in [4.78, 5) is 10.8. The van der Waals surface area contributed by atoms with Crippen LogP contribution in [-0.2, 0) is 17.6 Å². The summed E-state index contributed by atoms with van der Waals surface area (Å²) < 4.78 is 5.68. The van der Waals surface area contributed by atoms with Crippen LogP contribution in [0, 0.1) is 5.92 Å². The first-order valence-corrected chi connectivity index (χ1v) is 11.4. The third kappa shape index (κ3) is 8.20. The fraction of sp³-hybridized carbons (Fsp3) is 0.400. The van der Waals surface area contributed by atoms with Gasteiger partial charge in [-0.3, -0.25) is 0 Å². The van der Waals surface area contributed by atoms with Crippen LogP contribution in [0.2, 0.25) is 10.0 Å². The van der Waals surface area contributed by atoms with Crippen molar-refractivity contribution >= 4 is 47.7 Å². The monoisotopic (exact) mass is 513 g/mol. The molecule has 1 aliphatic carbocycles. The normalized spacial score (nSPS) is 14.7. The van der Waals surface area contributed by atoms with Crippen LogP contribution in [0.5, 0.6) is 5.75 Å². The Kier molecular flexibility index (Phi) is 10.1. The lowest BCUT2D eigenvalue weighted by molar-refractivity contribution is -0.131. The van der Waals surface area contributed by atoms with E-state index in [-0.39, 0.29) is 34.6 Å². The van der Waals surface area contributed by atoms with E-state index in [1.54, 1.807) is 12.1 Å². The Morgan fingerprint density at radius 2 is 1.88 bits per heavy atom. The zero-order valence-electron chi connectivity index (χ0n) is 18.7. The van der Waals surface area contributed by atoms with Gasteiger partial charge in [0.15, 0.2) is 0 Å². The molecule has 2 aromatic rings. The van der Waals surface area contributed by atoms with Gasteiger partial charge >= 0.3 is 5.97 Å². The number of ether oxygens (including phenoxy) is 1. The topological polar surface area (TPSA) is 78.8 Å². The highest BCUT2D eigenvalue weighted by Gasteiger charge is 2.28. The molecule has 8 heteroatoms. The van der Waals surface area contributed by atoms with Crippen molar-refractivity contribution in [1.29, 1.82) is 0 Å². The molecule has 0 radical (unpaired) electrons. The Morgan fingerprint density at radius 3 is 2.48 bits per heavy atom. The Balaban J connectivity index is 0.00000385. The van der Waals surface area contributed by atoms with Gasteiger partial charge in [0.2, 0.25) is 0 Å². The molecule has 0 heterocycles. The molecule has 0 saturated carbocycles. The number of β-amino-alcohol motifs (C(OH)–C–C–N with tert-alkyl or cyclic N) is 1. The number of carboxylic acid groups (broad SMARTS) is 1. The third-order valence-electron chi connectivity index (χ3n) is 5.63. The molecule has 180 valence electrons. The second-order valence-corrected chi connectivity index (χ2v) is 9.74. The number of benzene rings is 2. The van der Waals surface area contributed by atoms with E-state index in [1.807, 2.05) is 0 Å². The van der Waals surface area contributed by atoms with Gasteiger partial charge in [0.1, 0.15) is 18.5 Å². The third-order valence-corrected chi connectivity index (χ3v) is 6.45. The molecular formula is C25H30Cl3NO4. The first-order valence-electron chi connectivity index (χ1n) is 10.7. The van der Waals surface area contributed by atoms with E-state index < -0.39 is 12.1 Å². The highest BCUT2D eigenvalue weighted by molar-refractivity contribution is 6.43. The molecule has 1 aliphatic rings. The lowest BCUT2D eigenvalue weighted by Gasteiger charge is -2.30. The zero-order valence-corrected chi connectivity index (χ0v) is 21.0. The van der Waals surface area contributed by atoms with Crippen LogP contribution in [0.15, 0.2) is 42.5 Å². The van der Waals surface area contributed by atoms with Gasteiger partial charge in [-0.15, -0.1) is 12.4 Å². The number of hydrogen-bond acceptors (Lipinski definition) is 4. The first-order chi connectivity index (χ1) is 15.1. The van der Waals surface area contributed by atoms with E-state index in [0.29, 0.717) is 23.8 Å². The minimum Gasteiger partial charge on any atom is -0.491 e. The van der Waals surface area contributed by atoms with Gasteiger partial charge in [0, 0.05) is 24.2 Å². The van der Waals surface area contributed by atoms with Gasteiger partial charge in [-0.05, 0) is 67.9 Å². The molecule has 0 unspecified atom stereocenters. The van der Waals surface area contributed by atoms with Crippen LogP contribution in [0.4, 0.5) is 0 Å². The number of aliphatic hydroxyl groups is 1. The molecule has 0 aromatic heterocycles. The molecular weight excluding hydrogens is 485 g/mol. The number of aliphatic hydroxyl groups excluding tert-OH is 1. The number of nitrogens with one attached hydrogen (secondary N) is 1. The maximum absolute atomic E-state index is 10.8. The molecule has 3 rings (SSSR count). The smallest absolute Gasteiger partial charge is 0.328 e. The van der Waals surface area contributed by atoms with Gasteiger partial charge < -0.3 is 20.3 Å². The van der Waals surface area contributed by atoms with Gasteiger partial charge in [-0.2, -0.15) is 0 Å². The van der Waals surface area contributed by atoms with Gasteiger partial charge in [-0.1, -0.05) is 47.5 Å². The maximum Gasteiger partial charge on any atom is 0.328 e. The first kappa shape index (κ1) is 27.5. The van der Waals surface area contributed by atoms with Gasteiger partial charge in [0.05, 0.1) is 10.0 Å². The summed E-state index contributed by atoms with van der Waals surface area (Å²) in [5.41, 5.74) is 3.20. The average molecular weight is 515 g/mol. The van der Waals surface area contributed by atoms with Crippen LogP contribution >= 0.6 is 35.6 Å². The molecule has 3 N–H and O–H groups in total. The number of fused-ring (bicyclic) bond motifs is 1. The van der Waals surface area contributed by atoms with E-state index in [9.17, 15) is 9.90 Å². The van der Waals surface area contributed by atoms with Crippen LogP contribution < -0.4 is 10.1 Å². The fourth-order valence-electron chi connectivity index (χ4n) is 4.18. The molecule has 1 atom stereocenters. The molecule has 5 nitrogen and oxygen atoms in total. The van der Waals surface area contributed by atoms with Crippen molar-refractivity contribution in [3.05, 3.63) is 69.2 Å². The molecule has 0 aliphatic heterocycles. The summed E-state index contributed by atoms with van der Waals surface area (Å²) in [5, 5.41) is 23.2. The predicted molar refractivity (Wildman–Crippen MR) is 136 cm³/mol. The molecule has 0 saturated heterocycles. The van der Waals surface area contributed by atoms with Crippen molar-refractivity contribution in [2.45, 2.75) is 44.8 Å². The Morgan fingerprint density at radius 1 is 1.24 bits per heavy atom. The number of hydrogen-bond donors (Lipinski definition) is 3. The van der Waals surface area contributed by atoms with E-state index in [4.69, 9.17) is 33.0 Å². The largest absolute Gasteiger partial charge is 0.491 e. The van der Waals surface area contributed by atoms with Crippen LogP contribution in [0.25, 0.3) is 6.08 Å². The lowest BCUT2D eigenvalue weighted by Crippen LogP contribution is -2.46. The molecule has 0 amide bonds. The maximum atomic E-state index is 10.8. The van der Waals surface area contributed by atoms with E-state index >= 15 is 0 Å². The SMILES string of the molecule is CC(C)(CC1Cc2ccccc2C1)NC[C@H](O)COc1cc(Cl)c(Cl)c(/C=C/C(=O)O)c1.Cl. The number of halogens is 3. The lowest BCUT2D eigenvalue weighted by atomic mass is 9.88. The van der Waals surface area contributed by atoms with Gasteiger partial charge in [0.25, 0.3) is 0 Å². The molecule has 2 aromatic carbocycles. The second-order valence-electron chi connectivity index (χ2n) is 8.96. The summed E-state index contributed by atoms with van der Waals surface area (Å²) in [6.07, 6.45) is 4.83. The highest BCUT2D eigenvalue weighted by atomic mass is 35.5. The van der Waals surface area contributed by atoms with E-state index in [2.05, 4.69) is 43.4 Å². The summed E-state index contributed by atoms with van der Waals surface area (Å²) >= 11 is 12.2. The van der Waals surface area contributed by atoms with Crippen molar-refractivity contribution < 1.29 is 19.7 Å². The fourth-order valence-corrected chi connectivity index (χ4v) is 4.57. The van der Waals surface area contributed by atoms with E-state index in [0.717, 1.165) is 25.3 Å². The summed E-state index contributed by atoms with van der Waals surface area (Å²) in [5.74, 6) is -0.0858. The van der Waals surface area contributed by atoms with Crippen LogP contribution in [0.1, 0.15) is 37.0 Å². The highest BCUT2D eigenvalue weighted by Crippen LogP contribution is 2.33. The molecule has 33 heavy (non-hydrogen) atoms. The summed E-state index contributed by atoms with van der Waals surface area (Å²) in [6, 6.07) is 11.8. The summed E-state index contributed by atoms with van der Waals surface area (Å²) in [6.45, 7) is 4.77. The Hall–Kier alpha value is -1.76. The van der Waals surface area contributed by atoms with Crippen molar-refractivity contribution in [2.75, 3.05) is 13.2 Å². The van der Waals surface area contributed by atoms with Crippen LogP contribution in [0.3, 0.4) is 0 Å². The zero-order chi connectivity index (χ0) is 23.3. The van der Waals surface area contributed by atoms with Crippen molar-refractivity contribution in [1.82, 2.24) is 5.32 Å². The molecule has 0 bridgehead atoms. The standard InChI is InChI=1S/C25H29Cl2NO4.ClH/c1-25(2,13-16-9-17-5-3-4-6-18(17)10-16)28-14-20(29)15-32-21-11-19(7-8-23(30)31)24(27)22(26)12-21;/h3-8,11-12,16,20,28-29H,9-10,13-15H2,1-2H3,(H,30,31);1H/b8-7+;/t20-;/m0./s1. The summed E-state index contributed by atoms with van der Waals surface area (Å²) in [7, 11) is 0. The number of aliphatic carboxylic acids is 1. The Labute approximate surface area is 211 Å². The Bertz CT molecular complexity index is 969. The van der Waals surface area contributed by atoms with Crippen LogP contribution in [-0.4, -0.2) is 41.0 Å². The second kappa shape index (κ2) is 12.1. The quantitative estimate of drug-likeness (QED) is 0.369. The van der Waals surface area contributed by atoms with Gasteiger partial charge in [-0.25, -0.2) is 4.79 Å².